The van der Waals surface area contributed by atoms with Crippen molar-refractivity contribution in [2.45, 2.75) is 6.92 Å². The molecule has 0 spiro atoms. The van der Waals surface area contributed by atoms with Gasteiger partial charge in [-0.15, -0.1) is 0 Å². The van der Waals surface area contributed by atoms with Crippen LogP contribution in [0.5, 0.6) is 0 Å². The Bertz CT molecular complexity index is 1470. The third kappa shape index (κ3) is 1.97. The smallest absolute Gasteiger partial charge is 0.140 e. The van der Waals surface area contributed by atoms with E-state index in [4.69, 9.17) is 4.98 Å². The topological polar surface area (TPSA) is 70.2 Å². The highest BCUT2D eigenvalue weighted by molar-refractivity contribution is 6.21. The van der Waals surface area contributed by atoms with Gasteiger partial charge in [0.15, 0.2) is 0 Å². The molecule has 0 saturated heterocycles. The van der Waals surface area contributed by atoms with Crippen molar-refractivity contribution in [2.75, 3.05) is 0 Å². The lowest BCUT2D eigenvalue weighted by Gasteiger charge is -2.03. The highest BCUT2D eigenvalue weighted by Gasteiger charge is 2.18. The van der Waals surface area contributed by atoms with Crippen molar-refractivity contribution in [1.29, 1.82) is 0 Å². The van der Waals surface area contributed by atoms with E-state index in [2.05, 4.69) is 19.9 Å². The van der Waals surface area contributed by atoms with Gasteiger partial charge in [0.25, 0.3) is 0 Å². The molecule has 0 aliphatic rings. The monoisotopic (exact) mass is 367 g/mol. The highest BCUT2D eigenvalue weighted by Crippen LogP contribution is 2.36. The maximum absolute atomic E-state index is 13.9. The lowest BCUT2D eigenvalue weighted by atomic mass is 10.1. The molecule has 6 heteroatoms. The molecule has 4 aromatic heterocycles. The van der Waals surface area contributed by atoms with Crippen molar-refractivity contribution in [3.05, 3.63) is 66.4 Å². The lowest BCUT2D eigenvalue weighted by Crippen LogP contribution is -1.86. The first-order valence-electron chi connectivity index (χ1n) is 9.00. The second-order valence-electron chi connectivity index (χ2n) is 6.92. The summed E-state index contributed by atoms with van der Waals surface area (Å²) in [5.74, 6) is 0.430. The van der Waals surface area contributed by atoms with Crippen LogP contribution in [-0.2, 0) is 0 Å². The summed E-state index contributed by atoms with van der Waals surface area (Å²) in [5, 5.41) is 2.71. The molecule has 0 amide bonds. The van der Waals surface area contributed by atoms with Gasteiger partial charge in [-0.1, -0.05) is 0 Å². The molecular formula is C22H14FN5. The van der Waals surface area contributed by atoms with E-state index in [-0.39, 0.29) is 5.82 Å². The van der Waals surface area contributed by atoms with E-state index >= 15 is 0 Å². The Labute approximate surface area is 158 Å². The number of aromatic nitrogens is 5. The first-order chi connectivity index (χ1) is 13.7. The van der Waals surface area contributed by atoms with E-state index in [0.717, 1.165) is 55.0 Å². The zero-order valence-corrected chi connectivity index (χ0v) is 14.9. The number of aryl methyl sites for hydroxylation is 1. The summed E-state index contributed by atoms with van der Waals surface area (Å²) in [4.78, 5) is 20.8. The Balaban J connectivity index is 1.78. The molecule has 2 aromatic carbocycles. The fourth-order valence-electron chi connectivity index (χ4n) is 4.07. The second kappa shape index (κ2) is 5.36. The van der Waals surface area contributed by atoms with Crippen molar-refractivity contribution >= 4 is 43.7 Å². The Morgan fingerprint density at radius 2 is 1.57 bits per heavy atom. The standard InChI is InChI=1S/C22H14FN5/c1-11-17(15-10-12(23)6-7-16(15)26-11)22-27-20-13-4-2-8-24-18(13)19-14(21(20)28-22)5-3-9-25-19/h2-10,26H,1H3,(H,27,28). The molecule has 6 rings (SSSR count). The van der Waals surface area contributed by atoms with Crippen LogP contribution in [0.1, 0.15) is 5.69 Å². The number of pyridine rings is 2. The number of imidazole rings is 1. The van der Waals surface area contributed by atoms with Crippen LogP contribution in [0.25, 0.3) is 55.1 Å². The predicted molar refractivity (Wildman–Crippen MR) is 109 cm³/mol. The molecule has 0 saturated carbocycles. The van der Waals surface area contributed by atoms with Gasteiger partial charge in [0.2, 0.25) is 0 Å². The summed E-state index contributed by atoms with van der Waals surface area (Å²) in [6.45, 7) is 1.97. The molecule has 0 bridgehead atoms. The van der Waals surface area contributed by atoms with Crippen molar-refractivity contribution in [1.82, 2.24) is 24.9 Å². The van der Waals surface area contributed by atoms with Crippen LogP contribution in [0.3, 0.4) is 0 Å². The number of halogens is 1. The van der Waals surface area contributed by atoms with Crippen LogP contribution in [-0.4, -0.2) is 24.9 Å². The first kappa shape index (κ1) is 15.3. The summed E-state index contributed by atoms with van der Waals surface area (Å²) in [6, 6.07) is 12.6. The largest absolute Gasteiger partial charge is 0.358 e. The Morgan fingerprint density at radius 1 is 0.821 bits per heavy atom. The predicted octanol–water partition coefficient (Wildman–Crippen LogP) is 5.26. The van der Waals surface area contributed by atoms with E-state index in [1.54, 1.807) is 24.5 Å². The van der Waals surface area contributed by atoms with Crippen LogP contribution in [0.15, 0.2) is 54.9 Å². The third-order valence-corrected chi connectivity index (χ3v) is 5.25. The maximum Gasteiger partial charge on any atom is 0.140 e. The average Bonchev–Trinajstić information content (AvgIpc) is 3.28. The number of H-pyrrole nitrogens is 2. The average molecular weight is 367 g/mol. The Morgan fingerprint density at radius 3 is 2.39 bits per heavy atom. The first-order valence-corrected chi connectivity index (χ1v) is 9.00. The van der Waals surface area contributed by atoms with Crippen LogP contribution in [0.2, 0.25) is 0 Å². The minimum absolute atomic E-state index is 0.270. The van der Waals surface area contributed by atoms with Crippen LogP contribution in [0, 0.1) is 12.7 Å². The van der Waals surface area contributed by atoms with Gasteiger partial charge in [0, 0.05) is 45.3 Å². The number of fused-ring (bicyclic) bond motifs is 7. The summed E-state index contributed by atoms with van der Waals surface area (Å²) in [5.41, 5.74) is 6.09. The second-order valence-corrected chi connectivity index (χ2v) is 6.92. The molecule has 28 heavy (non-hydrogen) atoms. The van der Waals surface area contributed by atoms with Gasteiger partial charge in [-0.2, -0.15) is 0 Å². The molecule has 0 unspecified atom stereocenters. The van der Waals surface area contributed by atoms with E-state index < -0.39 is 0 Å². The fraction of sp³-hybridized carbons (Fsp3) is 0.0455. The number of rotatable bonds is 1. The number of hydrogen-bond acceptors (Lipinski definition) is 3. The maximum atomic E-state index is 13.9. The van der Waals surface area contributed by atoms with E-state index in [1.165, 1.54) is 6.07 Å². The number of benzene rings is 2. The van der Waals surface area contributed by atoms with E-state index in [9.17, 15) is 4.39 Å². The molecule has 5 nitrogen and oxygen atoms in total. The zero-order chi connectivity index (χ0) is 18.8. The van der Waals surface area contributed by atoms with Gasteiger partial charge in [0.05, 0.1) is 22.1 Å². The van der Waals surface area contributed by atoms with Gasteiger partial charge in [0.1, 0.15) is 11.6 Å². The molecule has 134 valence electrons. The van der Waals surface area contributed by atoms with E-state index in [0.29, 0.717) is 5.82 Å². The Kier molecular flexibility index (Phi) is 2.92. The summed E-state index contributed by atoms with van der Waals surface area (Å²) < 4.78 is 13.9. The van der Waals surface area contributed by atoms with Gasteiger partial charge in [-0.3, -0.25) is 9.97 Å². The number of hydrogen-bond donors (Lipinski definition) is 2. The number of nitrogens with one attached hydrogen (secondary N) is 2. The van der Waals surface area contributed by atoms with Crippen molar-refractivity contribution in [3.63, 3.8) is 0 Å². The summed E-state index contributed by atoms with van der Waals surface area (Å²) in [7, 11) is 0. The lowest BCUT2D eigenvalue weighted by molar-refractivity contribution is 0.630. The molecule has 0 aliphatic carbocycles. The van der Waals surface area contributed by atoms with Crippen LogP contribution >= 0.6 is 0 Å². The van der Waals surface area contributed by atoms with Crippen molar-refractivity contribution in [2.24, 2.45) is 0 Å². The number of aromatic amines is 2. The molecule has 0 atom stereocenters. The molecule has 0 aliphatic heterocycles. The molecule has 4 heterocycles. The zero-order valence-electron chi connectivity index (χ0n) is 14.9. The van der Waals surface area contributed by atoms with Gasteiger partial charge in [-0.05, 0) is 49.4 Å². The molecule has 2 N–H and O–H groups in total. The molecule has 6 aromatic rings. The minimum Gasteiger partial charge on any atom is -0.358 e. The minimum atomic E-state index is -0.270. The Hall–Kier alpha value is -3.80. The van der Waals surface area contributed by atoms with Crippen molar-refractivity contribution < 1.29 is 4.39 Å². The SMILES string of the molecule is Cc1[nH]c2ccc(F)cc2c1-c1nc2c3cccnc3c3ncccc3c2[nH]1. The van der Waals surface area contributed by atoms with Gasteiger partial charge < -0.3 is 9.97 Å². The molecule has 0 radical (unpaired) electrons. The fourth-order valence-corrected chi connectivity index (χ4v) is 4.07. The normalized spacial score (nSPS) is 11.9. The van der Waals surface area contributed by atoms with Gasteiger partial charge >= 0.3 is 0 Å². The molecular weight excluding hydrogens is 353 g/mol. The highest BCUT2D eigenvalue weighted by atomic mass is 19.1. The summed E-state index contributed by atoms with van der Waals surface area (Å²) >= 11 is 0. The quantitative estimate of drug-likeness (QED) is 0.390. The summed E-state index contributed by atoms with van der Waals surface area (Å²) in [6.07, 6.45) is 3.54. The van der Waals surface area contributed by atoms with Crippen LogP contribution in [0.4, 0.5) is 4.39 Å². The number of nitrogens with zero attached hydrogens (tertiary/aromatic N) is 3. The third-order valence-electron chi connectivity index (χ3n) is 5.25. The van der Waals surface area contributed by atoms with Gasteiger partial charge in [-0.25, -0.2) is 9.37 Å². The van der Waals surface area contributed by atoms with Crippen molar-refractivity contribution in [3.8, 4) is 11.4 Å². The van der Waals surface area contributed by atoms with E-state index in [1.807, 2.05) is 31.2 Å². The molecule has 0 fully saturated rings. The van der Waals surface area contributed by atoms with Crippen LogP contribution < -0.4 is 0 Å².